The summed E-state index contributed by atoms with van der Waals surface area (Å²) < 4.78 is 25.6. The minimum Gasteiger partial charge on any atom is -0.312 e. The van der Waals surface area contributed by atoms with Crippen molar-refractivity contribution in [3.63, 3.8) is 0 Å². The standard InChI is InChI=1S/C17H22N2O3S/c1-18(2)23(21,22)15-7-8-16-14(12-15)9-10-19(16)17(20)11-13-5-3-4-6-13/h3,5,7-8,12-13H,4,6,9-11H2,1-2H3/t13-/m1/s1. The van der Waals surface area contributed by atoms with Crippen molar-refractivity contribution in [3.05, 3.63) is 35.9 Å². The predicted molar refractivity (Wildman–Crippen MR) is 89.9 cm³/mol. The van der Waals surface area contributed by atoms with Crippen LogP contribution in [0, 0.1) is 5.92 Å². The molecule has 124 valence electrons. The fourth-order valence-electron chi connectivity index (χ4n) is 3.21. The van der Waals surface area contributed by atoms with Gasteiger partial charge >= 0.3 is 0 Å². The fourth-order valence-corrected chi connectivity index (χ4v) is 4.16. The molecule has 3 rings (SSSR count). The maximum atomic E-state index is 12.5. The van der Waals surface area contributed by atoms with Crippen LogP contribution in [0.15, 0.2) is 35.2 Å². The average molecular weight is 334 g/mol. The van der Waals surface area contributed by atoms with Gasteiger partial charge in [-0.1, -0.05) is 12.2 Å². The summed E-state index contributed by atoms with van der Waals surface area (Å²) in [6.45, 7) is 0.635. The quantitative estimate of drug-likeness (QED) is 0.793. The van der Waals surface area contributed by atoms with E-state index < -0.39 is 10.0 Å². The summed E-state index contributed by atoms with van der Waals surface area (Å²) in [5.74, 6) is 0.475. The number of hydrogen-bond donors (Lipinski definition) is 0. The number of nitrogens with zero attached hydrogens (tertiary/aromatic N) is 2. The first-order valence-corrected chi connectivity index (χ1v) is 9.36. The van der Waals surface area contributed by atoms with Crippen molar-refractivity contribution < 1.29 is 13.2 Å². The second-order valence-corrected chi connectivity index (χ2v) is 8.49. The van der Waals surface area contributed by atoms with Crippen LogP contribution in [0.5, 0.6) is 0 Å². The largest absolute Gasteiger partial charge is 0.312 e. The highest BCUT2D eigenvalue weighted by molar-refractivity contribution is 7.89. The van der Waals surface area contributed by atoms with Crippen LogP contribution in [-0.4, -0.2) is 39.3 Å². The number of amides is 1. The molecule has 0 saturated heterocycles. The molecule has 0 bridgehead atoms. The number of allylic oxidation sites excluding steroid dienone is 2. The molecule has 0 saturated carbocycles. The van der Waals surface area contributed by atoms with Gasteiger partial charge in [0, 0.05) is 32.7 Å². The molecule has 0 spiro atoms. The van der Waals surface area contributed by atoms with Gasteiger partial charge in [-0.25, -0.2) is 12.7 Å². The lowest BCUT2D eigenvalue weighted by Crippen LogP contribution is -2.30. The van der Waals surface area contributed by atoms with Crippen LogP contribution in [0.1, 0.15) is 24.8 Å². The Balaban J connectivity index is 1.81. The first-order valence-electron chi connectivity index (χ1n) is 7.92. The lowest BCUT2D eigenvalue weighted by Gasteiger charge is -2.19. The van der Waals surface area contributed by atoms with Gasteiger partial charge in [-0.3, -0.25) is 4.79 Å². The highest BCUT2D eigenvalue weighted by atomic mass is 32.2. The molecule has 1 aliphatic heterocycles. The zero-order valence-electron chi connectivity index (χ0n) is 13.5. The molecule has 0 radical (unpaired) electrons. The average Bonchev–Trinajstić information content (AvgIpc) is 3.15. The Hall–Kier alpha value is -1.66. The van der Waals surface area contributed by atoms with Crippen LogP contribution in [-0.2, 0) is 21.2 Å². The van der Waals surface area contributed by atoms with E-state index in [0.29, 0.717) is 25.3 Å². The Bertz CT molecular complexity index is 753. The molecular formula is C17H22N2O3S. The molecule has 1 aromatic rings. The van der Waals surface area contributed by atoms with Crippen LogP contribution < -0.4 is 4.90 Å². The van der Waals surface area contributed by atoms with Crippen molar-refractivity contribution in [1.29, 1.82) is 0 Å². The number of rotatable bonds is 4. The van der Waals surface area contributed by atoms with Gasteiger partial charge < -0.3 is 4.90 Å². The minimum atomic E-state index is -3.43. The first-order chi connectivity index (χ1) is 10.9. The number of carbonyl (C=O) groups excluding carboxylic acids is 1. The smallest absolute Gasteiger partial charge is 0.242 e. The van der Waals surface area contributed by atoms with Crippen molar-refractivity contribution in [3.8, 4) is 0 Å². The summed E-state index contributed by atoms with van der Waals surface area (Å²) in [5.41, 5.74) is 1.79. The highest BCUT2D eigenvalue weighted by Gasteiger charge is 2.28. The second-order valence-electron chi connectivity index (χ2n) is 6.34. The zero-order valence-corrected chi connectivity index (χ0v) is 14.3. The fraction of sp³-hybridized carbons (Fsp3) is 0.471. The lowest BCUT2D eigenvalue weighted by molar-refractivity contribution is -0.119. The normalized spacial score (nSPS) is 20.3. The molecule has 2 aliphatic rings. The predicted octanol–water partition coefficient (Wildman–Crippen LogP) is 2.18. The van der Waals surface area contributed by atoms with Crippen LogP contribution in [0.25, 0.3) is 0 Å². The van der Waals surface area contributed by atoms with E-state index in [0.717, 1.165) is 24.1 Å². The summed E-state index contributed by atoms with van der Waals surface area (Å²) in [5, 5.41) is 0. The maximum Gasteiger partial charge on any atom is 0.242 e. The van der Waals surface area contributed by atoms with Crippen molar-refractivity contribution in [2.75, 3.05) is 25.5 Å². The highest BCUT2D eigenvalue weighted by Crippen LogP contribution is 2.32. The van der Waals surface area contributed by atoms with E-state index in [9.17, 15) is 13.2 Å². The van der Waals surface area contributed by atoms with Gasteiger partial charge in [0.25, 0.3) is 0 Å². The van der Waals surface area contributed by atoms with Crippen LogP contribution >= 0.6 is 0 Å². The van der Waals surface area contributed by atoms with Crippen LogP contribution in [0.4, 0.5) is 5.69 Å². The number of carbonyl (C=O) groups is 1. The van der Waals surface area contributed by atoms with Crippen molar-refractivity contribution in [2.45, 2.75) is 30.6 Å². The third-order valence-corrected chi connectivity index (χ3v) is 6.39. The van der Waals surface area contributed by atoms with Gasteiger partial charge in [0.15, 0.2) is 0 Å². The Labute approximate surface area is 137 Å². The van der Waals surface area contributed by atoms with E-state index in [1.165, 1.54) is 18.4 Å². The number of anilines is 1. The second kappa shape index (κ2) is 6.09. The molecule has 0 N–H and O–H groups in total. The lowest BCUT2D eigenvalue weighted by atomic mass is 10.0. The molecule has 23 heavy (non-hydrogen) atoms. The molecule has 1 aromatic carbocycles. The Morgan fingerprint density at radius 1 is 1.35 bits per heavy atom. The molecule has 0 aromatic heterocycles. The van der Waals surface area contributed by atoms with Crippen molar-refractivity contribution >= 4 is 21.6 Å². The number of fused-ring (bicyclic) bond motifs is 1. The van der Waals surface area contributed by atoms with Gasteiger partial charge in [0.1, 0.15) is 0 Å². The molecule has 0 unspecified atom stereocenters. The van der Waals surface area contributed by atoms with Gasteiger partial charge in [-0.15, -0.1) is 0 Å². The van der Waals surface area contributed by atoms with E-state index in [-0.39, 0.29) is 10.8 Å². The van der Waals surface area contributed by atoms with Crippen LogP contribution in [0.2, 0.25) is 0 Å². The van der Waals surface area contributed by atoms with Crippen molar-refractivity contribution in [2.24, 2.45) is 5.92 Å². The summed E-state index contributed by atoms with van der Waals surface area (Å²) in [6.07, 6.45) is 7.61. The Morgan fingerprint density at radius 3 is 2.78 bits per heavy atom. The summed E-state index contributed by atoms with van der Waals surface area (Å²) in [6, 6.07) is 5.06. The molecular weight excluding hydrogens is 312 g/mol. The number of hydrogen-bond acceptors (Lipinski definition) is 3. The van der Waals surface area contributed by atoms with Gasteiger partial charge in [-0.05, 0) is 48.9 Å². The Morgan fingerprint density at radius 2 is 2.13 bits per heavy atom. The minimum absolute atomic E-state index is 0.128. The third-order valence-electron chi connectivity index (χ3n) is 4.58. The van der Waals surface area contributed by atoms with Gasteiger partial charge in [0.05, 0.1) is 4.90 Å². The van der Waals surface area contributed by atoms with Gasteiger partial charge in [0.2, 0.25) is 15.9 Å². The Kier molecular flexibility index (Phi) is 4.29. The number of sulfonamides is 1. The van der Waals surface area contributed by atoms with Gasteiger partial charge in [-0.2, -0.15) is 0 Å². The van der Waals surface area contributed by atoms with Crippen molar-refractivity contribution in [1.82, 2.24) is 4.31 Å². The molecule has 1 aliphatic carbocycles. The van der Waals surface area contributed by atoms with E-state index in [1.54, 1.807) is 23.1 Å². The number of benzene rings is 1. The molecule has 6 heteroatoms. The van der Waals surface area contributed by atoms with E-state index in [1.807, 2.05) is 0 Å². The van der Waals surface area contributed by atoms with E-state index >= 15 is 0 Å². The molecule has 1 atom stereocenters. The maximum absolute atomic E-state index is 12.5. The van der Waals surface area contributed by atoms with Crippen LogP contribution in [0.3, 0.4) is 0 Å². The molecule has 5 nitrogen and oxygen atoms in total. The van der Waals surface area contributed by atoms with E-state index in [4.69, 9.17) is 0 Å². The SMILES string of the molecule is CN(C)S(=O)(=O)c1ccc2c(c1)CCN2C(=O)C[C@@H]1C=CCC1. The zero-order chi connectivity index (χ0) is 16.6. The van der Waals surface area contributed by atoms with E-state index in [2.05, 4.69) is 12.2 Å². The molecule has 1 heterocycles. The summed E-state index contributed by atoms with van der Waals surface area (Å²) >= 11 is 0. The molecule has 1 amide bonds. The topological polar surface area (TPSA) is 57.7 Å². The third kappa shape index (κ3) is 3.05. The summed E-state index contributed by atoms with van der Waals surface area (Å²) in [7, 11) is -0.391. The first kappa shape index (κ1) is 16.2. The monoisotopic (exact) mass is 334 g/mol. The summed E-state index contributed by atoms with van der Waals surface area (Å²) in [4.78, 5) is 14.6. The molecule has 0 fully saturated rings.